The van der Waals surface area contributed by atoms with Crippen LogP contribution in [-0.2, 0) is 0 Å². The maximum absolute atomic E-state index is 13.0. The van der Waals surface area contributed by atoms with Gasteiger partial charge in [0.05, 0.1) is 0 Å². The van der Waals surface area contributed by atoms with Gasteiger partial charge in [-0.05, 0) is 78.9 Å². The fraction of sp³-hybridized carbons (Fsp3) is 0. The van der Waals surface area contributed by atoms with Crippen molar-refractivity contribution in [2.75, 3.05) is 0 Å². The summed E-state index contributed by atoms with van der Waals surface area (Å²) in [5.41, 5.74) is 1.42. The monoisotopic (exact) mass is 426 g/mol. The summed E-state index contributed by atoms with van der Waals surface area (Å²) in [6, 6.07) is 17.7. The van der Waals surface area contributed by atoms with Gasteiger partial charge in [-0.25, -0.2) is 4.39 Å². The van der Waals surface area contributed by atoms with Gasteiger partial charge in [0.1, 0.15) is 23.1 Å². The number of halogens is 3. The molecule has 0 amide bonds. The second-order valence-corrected chi connectivity index (χ2v) is 7.10. The van der Waals surface area contributed by atoms with E-state index < -0.39 is 0 Å². The lowest BCUT2D eigenvalue weighted by atomic mass is 10.2. The summed E-state index contributed by atoms with van der Waals surface area (Å²) in [4.78, 5) is 12.4. The van der Waals surface area contributed by atoms with E-state index in [1.807, 2.05) is 0 Å². The number of furan rings is 2. The van der Waals surface area contributed by atoms with Crippen molar-refractivity contribution in [2.24, 2.45) is 0 Å². The average Bonchev–Trinajstić information content (AvgIpc) is 3.36. The van der Waals surface area contributed by atoms with Gasteiger partial charge in [0, 0.05) is 21.2 Å². The summed E-state index contributed by atoms with van der Waals surface area (Å²) < 4.78 is 24.3. The fourth-order valence-corrected chi connectivity index (χ4v) is 3.30. The van der Waals surface area contributed by atoms with Gasteiger partial charge in [0.2, 0.25) is 5.78 Å². The summed E-state index contributed by atoms with van der Waals surface area (Å²) in [5, 5.41) is 1.01. The van der Waals surface area contributed by atoms with Gasteiger partial charge >= 0.3 is 0 Å². The Morgan fingerprint density at radius 1 is 0.793 bits per heavy atom. The van der Waals surface area contributed by atoms with E-state index in [-0.39, 0.29) is 17.4 Å². The highest BCUT2D eigenvalue weighted by Crippen LogP contribution is 2.29. The van der Waals surface area contributed by atoms with Crippen LogP contribution in [0.4, 0.5) is 4.39 Å². The highest BCUT2D eigenvalue weighted by atomic mass is 35.5. The van der Waals surface area contributed by atoms with Crippen LogP contribution in [0.5, 0.6) is 0 Å². The molecule has 144 valence electrons. The molecule has 0 fully saturated rings. The lowest BCUT2D eigenvalue weighted by molar-refractivity contribution is 0.102. The van der Waals surface area contributed by atoms with Crippen molar-refractivity contribution in [3.63, 3.8) is 0 Å². The van der Waals surface area contributed by atoms with E-state index in [0.717, 1.165) is 5.56 Å². The summed E-state index contributed by atoms with van der Waals surface area (Å²) in [6.45, 7) is 0. The van der Waals surface area contributed by atoms with E-state index in [4.69, 9.17) is 32.0 Å². The van der Waals surface area contributed by atoms with Crippen molar-refractivity contribution in [3.05, 3.63) is 100 Å². The highest BCUT2D eigenvalue weighted by Gasteiger charge is 2.11. The van der Waals surface area contributed by atoms with Crippen molar-refractivity contribution in [2.45, 2.75) is 0 Å². The molecule has 29 heavy (non-hydrogen) atoms. The van der Waals surface area contributed by atoms with Gasteiger partial charge in [0.25, 0.3) is 0 Å². The molecule has 0 saturated carbocycles. The van der Waals surface area contributed by atoms with E-state index in [1.165, 1.54) is 18.2 Å². The van der Waals surface area contributed by atoms with Gasteiger partial charge in [-0.1, -0.05) is 23.2 Å². The van der Waals surface area contributed by atoms with Crippen molar-refractivity contribution in [1.82, 2.24) is 0 Å². The Morgan fingerprint density at radius 3 is 2.17 bits per heavy atom. The normalized spacial score (nSPS) is 11.3. The number of benzene rings is 2. The van der Waals surface area contributed by atoms with E-state index in [0.29, 0.717) is 32.9 Å². The first-order chi connectivity index (χ1) is 14.0. The molecule has 0 N–H and O–H groups in total. The van der Waals surface area contributed by atoms with Crippen molar-refractivity contribution < 1.29 is 18.0 Å². The van der Waals surface area contributed by atoms with E-state index in [9.17, 15) is 9.18 Å². The summed E-state index contributed by atoms with van der Waals surface area (Å²) >= 11 is 12.0. The molecule has 0 aliphatic rings. The molecule has 4 aromatic rings. The van der Waals surface area contributed by atoms with Crippen LogP contribution < -0.4 is 0 Å². The summed E-state index contributed by atoms with van der Waals surface area (Å²) in [5.74, 6) is 1.08. The van der Waals surface area contributed by atoms with Crippen LogP contribution in [0.3, 0.4) is 0 Å². The Hall–Kier alpha value is -3.08. The maximum atomic E-state index is 13.0. The van der Waals surface area contributed by atoms with E-state index >= 15 is 0 Å². The largest absolute Gasteiger partial charge is 0.457 e. The summed E-state index contributed by atoms with van der Waals surface area (Å²) in [6.07, 6.45) is 2.92. The predicted octanol–water partition coefficient (Wildman–Crippen LogP) is 7.55. The molecule has 0 aliphatic carbocycles. The Bertz CT molecular complexity index is 1180. The predicted molar refractivity (Wildman–Crippen MR) is 112 cm³/mol. The number of allylic oxidation sites excluding steroid dienone is 1. The number of hydrogen-bond acceptors (Lipinski definition) is 3. The minimum atomic E-state index is -0.336. The number of hydrogen-bond donors (Lipinski definition) is 0. The van der Waals surface area contributed by atoms with Crippen molar-refractivity contribution >= 4 is 35.1 Å². The SMILES string of the molecule is O=C(C=Cc1ccc(-c2cc(Cl)cc(Cl)c2)o1)c1ccc(-c2ccc(F)cc2)o1. The number of rotatable bonds is 5. The van der Waals surface area contributed by atoms with Gasteiger partial charge in [0.15, 0.2) is 5.76 Å². The molecule has 0 saturated heterocycles. The zero-order valence-corrected chi connectivity index (χ0v) is 16.4. The quantitative estimate of drug-likeness (QED) is 0.244. The molecule has 2 aromatic heterocycles. The molecule has 4 rings (SSSR count). The van der Waals surface area contributed by atoms with Crippen LogP contribution in [0.25, 0.3) is 28.7 Å². The Labute approximate surface area is 176 Å². The second kappa shape index (κ2) is 8.11. The molecule has 0 atom stereocenters. The lowest BCUT2D eigenvalue weighted by Gasteiger charge is -1.99. The van der Waals surface area contributed by atoms with Crippen molar-refractivity contribution in [3.8, 4) is 22.6 Å². The van der Waals surface area contributed by atoms with E-state index in [1.54, 1.807) is 60.7 Å². The van der Waals surface area contributed by atoms with Crippen LogP contribution in [-0.4, -0.2) is 5.78 Å². The molecule has 3 nitrogen and oxygen atoms in total. The van der Waals surface area contributed by atoms with Crippen LogP contribution in [0.15, 0.2) is 81.6 Å². The minimum Gasteiger partial charge on any atom is -0.457 e. The first-order valence-corrected chi connectivity index (χ1v) is 9.38. The first kappa shape index (κ1) is 19.2. The molecule has 6 heteroatoms. The number of carbonyl (C=O) groups is 1. The Balaban J connectivity index is 1.49. The molecule has 2 heterocycles. The first-order valence-electron chi connectivity index (χ1n) is 8.62. The van der Waals surface area contributed by atoms with Gasteiger partial charge in [-0.3, -0.25) is 4.79 Å². The topological polar surface area (TPSA) is 43.4 Å². The molecule has 0 aliphatic heterocycles. The highest BCUT2D eigenvalue weighted by molar-refractivity contribution is 6.35. The zero-order valence-electron chi connectivity index (χ0n) is 14.9. The molecule has 0 radical (unpaired) electrons. The maximum Gasteiger partial charge on any atom is 0.221 e. The minimum absolute atomic E-state index is 0.175. The number of ketones is 1. The average molecular weight is 427 g/mol. The molecular weight excluding hydrogens is 414 g/mol. The standard InChI is InChI=1S/C23H13Cl2FO3/c24-16-11-15(12-17(25)13-16)22-8-6-19(28-22)5-7-20(27)23-10-9-21(29-23)14-1-3-18(26)4-2-14/h1-13H. The molecule has 2 aromatic carbocycles. The molecule has 0 spiro atoms. The molecule has 0 unspecified atom stereocenters. The molecular formula is C23H13Cl2FO3. The van der Waals surface area contributed by atoms with Crippen LogP contribution >= 0.6 is 23.2 Å². The van der Waals surface area contributed by atoms with Crippen LogP contribution in [0, 0.1) is 5.82 Å². The second-order valence-electron chi connectivity index (χ2n) is 6.23. The van der Waals surface area contributed by atoms with Crippen LogP contribution in [0.1, 0.15) is 16.3 Å². The third-order valence-corrected chi connectivity index (χ3v) is 4.59. The van der Waals surface area contributed by atoms with Gasteiger partial charge in [-0.15, -0.1) is 0 Å². The Morgan fingerprint density at radius 2 is 1.45 bits per heavy atom. The van der Waals surface area contributed by atoms with Crippen LogP contribution in [0.2, 0.25) is 10.0 Å². The summed E-state index contributed by atoms with van der Waals surface area (Å²) in [7, 11) is 0. The van der Waals surface area contributed by atoms with Crippen molar-refractivity contribution in [1.29, 1.82) is 0 Å². The Kier molecular flexibility index (Phi) is 5.38. The van der Waals surface area contributed by atoms with Gasteiger partial charge < -0.3 is 8.83 Å². The molecule has 0 bridgehead atoms. The van der Waals surface area contributed by atoms with E-state index in [2.05, 4.69) is 0 Å². The third kappa shape index (κ3) is 4.50. The number of carbonyl (C=O) groups excluding carboxylic acids is 1. The fourth-order valence-electron chi connectivity index (χ4n) is 2.77. The van der Waals surface area contributed by atoms with Gasteiger partial charge in [-0.2, -0.15) is 0 Å². The zero-order chi connectivity index (χ0) is 20.4. The lowest BCUT2D eigenvalue weighted by Crippen LogP contribution is -1.90. The smallest absolute Gasteiger partial charge is 0.221 e. The third-order valence-electron chi connectivity index (χ3n) is 4.15.